The topological polar surface area (TPSA) is 121 Å². The lowest BCUT2D eigenvalue weighted by molar-refractivity contribution is -0.157. The third-order valence-corrected chi connectivity index (χ3v) is 3.29. The Bertz CT molecular complexity index is 504. The van der Waals surface area contributed by atoms with Crippen molar-refractivity contribution in [3.05, 3.63) is 12.2 Å². The quantitative estimate of drug-likeness (QED) is 0.532. The third-order valence-electron chi connectivity index (χ3n) is 3.29. The molecule has 0 saturated heterocycles. The van der Waals surface area contributed by atoms with Gasteiger partial charge in [-0.3, -0.25) is 19.2 Å². The Morgan fingerprint density at radius 1 is 1.32 bits per heavy atom. The normalized spacial score (nSPS) is 17.2. The van der Waals surface area contributed by atoms with Gasteiger partial charge in [0.05, 0.1) is 18.4 Å². The average molecular weight is 314 g/mol. The van der Waals surface area contributed by atoms with E-state index in [0.29, 0.717) is 0 Å². The number of carbonyl (C=O) groups is 4. The molecule has 3 N–H and O–H groups in total. The second-order valence-electron chi connectivity index (χ2n) is 5.09. The highest BCUT2D eigenvalue weighted by atomic mass is 16.4. The molecule has 0 fully saturated rings. The molecule has 22 heavy (non-hydrogen) atoms. The summed E-state index contributed by atoms with van der Waals surface area (Å²) < 4.78 is 7.06. The number of nitrogens with one attached hydrogen (secondary N) is 1. The molecule has 7 heteroatoms. The monoisotopic (exact) mass is 314 g/mol. The van der Waals surface area contributed by atoms with Crippen molar-refractivity contribution in [3.8, 4) is 0 Å². The number of hydrogen-bond donors (Lipinski definition) is 3. The summed E-state index contributed by atoms with van der Waals surface area (Å²) in [4.78, 5) is 46.3. The molecule has 0 saturated carbocycles. The molecule has 0 bridgehead atoms. The van der Waals surface area contributed by atoms with E-state index in [9.17, 15) is 24.3 Å². The molecular formula is C15H23NO6. The summed E-state index contributed by atoms with van der Waals surface area (Å²) in [5, 5.41) is 21.7. The van der Waals surface area contributed by atoms with Crippen LogP contribution in [0.2, 0.25) is 0 Å². The summed E-state index contributed by atoms with van der Waals surface area (Å²) in [5.74, 6) is -4.92. The van der Waals surface area contributed by atoms with E-state index in [0.717, 1.165) is 6.92 Å². The summed E-state index contributed by atoms with van der Waals surface area (Å²) in [7, 11) is 0. The van der Waals surface area contributed by atoms with Gasteiger partial charge < -0.3 is 15.5 Å². The number of hydrogen-bond acceptors (Lipinski definition) is 5. The minimum atomic E-state index is -2.43. The summed E-state index contributed by atoms with van der Waals surface area (Å²) in [5.41, 5.74) is -2.43. The van der Waals surface area contributed by atoms with Gasteiger partial charge in [-0.05, 0) is 27.2 Å². The molecule has 0 radical (unpaired) electrons. The van der Waals surface area contributed by atoms with Gasteiger partial charge in [0.15, 0.2) is 11.6 Å². The summed E-state index contributed by atoms with van der Waals surface area (Å²) in [6.45, 7) is 3.74. The molecular weight excluding hydrogens is 290 g/mol. The highest BCUT2D eigenvalue weighted by molar-refractivity contribution is 5.97. The fourth-order valence-corrected chi connectivity index (χ4v) is 1.78. The Balaban J connectivity index is 5.63. The van der Waals surface area contributed by atoms with Crippen molar-refractivity contribution in [1.82, 2.24) is 5.32 Å². The van der Waals surface area contributed by atoms with E-state index in [-0.39, 0.29) is 19.1 Å². The first-order chi connectivity index (χ1) is 10.6. The van der Waals surface area contributed by atoms with Crippen molar-refractivity contribution >= 4 is 23.4 Å². The van der Waals surface area contributed by atoms with Crippen molar-refractivity contribution in [2.24, 2.45) is 5.92 Å². The number of Topliss-reactive ketones (excluding diaryl/α,β-unsaturated/α-hetero) is 2. The third kappa shape index (κ3) is 5.40. The van der Waals surface area contributed by atoms with Gasteiger partial charge in [-0.25, -0.2) is 0 Å². The zero-order valence-electron chi connectivity index (χ0n) is 14.0. The van der Waals surface area contributed by atoms with Crippen molar-refractivity contribution in [1.29, 1.82) is 0 Å². The largest absolute Gasteiger partial charge is 0.481 e. The van der Waals surface area contributed by atoms with Crippen molar-refractivity contribution in [3.63, 3.8) is 0 Å². The number of aliphatic hydroxyl groups is 1. The lowest BCUT2D eigenvalue weighted by Gasteiger charge is -2.30. The summed E-state index contributed by atoms with van der Waals surface area (Å²) >= 11 is 0. The first kappa shape index (κ1) is 18.0. The van der Waals surface area contributed by atoms with E-state index >= 15 is 0 Å². The SMILES string of the molecule is [2H]CC/C=C/C(C(=O)NC(C)C(C)=O)C(O)(CC(=O)O)C(C)=O. The Morgan fingerprint density at radius 3 is 2.32 bits per heavy atom. The van der Waals surface area contributed by atoms with E-state index in [1.807, 2.05) is 0 Å². The van der Waals surface area contributed by atoms with E-state index in [1.54, 1.807) is 0 Å². The average Bonchev–Trinajstić information content (AvgIpc) is 2.41. The van der Waals surface area contributed by atoms with Gasteiger partial charge in [0.2, 0.25) is 5.91 Å². The van der Waals surface area contributed by atoms with Crippen LogP contribution in [0.3, 0.4) is 0 Å². The van der Waals surface area contributed by atoms with Crippen molar-refractivity contribution in [2.45, 2.75) is 52.2 Å². The van der Waals surface area contributed by atoms with Crippen LogP contribution in [0.1, 0.15) is 41.9 Å². The number of amides is 1. The lowest BCUT2D eigenvalue weighted by Crippen LogP contribution is -2.53. The Kier molecular flexibility index (Phi) is 6.91. The molecule has 0 aromatic rings. The van der Waals surface area contributed by atoms with Gasteiger partial charge >= 0.3 is 5.97 Å². The van der Waals surface area contributed by atoms with Gasteiger partial charge in [-0.2, -0.15) is 0 Å². The molecule has 124 valence electrons. The maximum absolute atomic E-state index is 12.3. The smallest absolute Gasteiger partial charge is 0.306 e. The lowest BCUT2D eigenvalue weighted by atomic mass is 9.80. The molecule has 7 nitrogen and oxygen atoms in total. The molecule has 1 amide bonds. The Morgan fingerprint density at radius 2 is 1.91 bits per heavy atom. The van der Waals surface area contributed by atoms with Crippen LogP contribution < -0.4 is 5.32 Å². The predicted molar refractivity (Wildman–Crippen MR) is 79.1 cm³/mol. The second-order valence-corrected chi connectivity index (χ2v) is 5.09. The zero-order chi connectivity index (χ0) is 18.2. The number of carboxylic acids is 1. The minimum Gasteiger partial charge on any atom is -0.481 e. The van der Waals surface area contributed by atoms with Gasteiger partial charge in [0.1, 0.15) is 5.60 Å². The van der Waals surface area contributed by atoms with E-state index in [2.05, 4.69) is 5.32 Å². The zero-order valence-corrected chi connectivity index (χ0v) is 13.0. The molecule has 0 aromatic carbocycles. The maximum atomic E-state index is 12.3. The highest BCUT2D eigenvalue weighted by Crippen LogP contribution is 2.25. The molecule has 0 aliphatic heterocycles. The van der Waals surface area contributed by atoms with Crippen LogP contribution in [0.15, 0.2) is 12.2 Å². The van der Waals surface area contributed by atoms with Crippen molar-refractivity contribution in [2.75, 3.05) is 0 Å². The van der Waals surface area contributed by atoms with Crippen LogP contribution >= 0.6 is 0 Å². The minimum absolute atomic E-state index is 0.0338. The molecule has 3 unspecified atom stereocenters. The number of ketones is 2. The first-order valence-corrected chi connectivity index (χ1v) is 6.78. The summed E-state index contributed by atoms with van der Waals surface area (Å²) in [6, 6.07) is -0.837. The standard InChI is InChI=1S/C15H23NO6/c1-5-6-7-12(14(21)16-9(2)10(3)17)15(22,11(4)18)8-13(19)20/h6-7,9,12,22H,5,8H2,1-4H3,(H,16,21)(H,19,20)/b7-6+/i1D. The fourth-order valence-electron chi connectivity index (χ4n) is 1.78. The molecule has 0 aliphatic carbocycles. The van der Waals surface area contributed by atoms with Crippen LogP contribution in [0, 0.1) is 5.92 Å². The van der Waals surface area contributed by atoms with Crippen LogP contribution in [-0.2, 0) is 19.2 Å². The molecule has 0 rings (SSSR count). The summed E-state index contributed by atoms with van der Waals surface area (Å²) in [6.07, 6.45) is 1.96. The number of allylic oxidation sites excluding steroid dienone is 1. The van der Waals surface area contributed by atoms with Crippen LogP contribution in [0.4, 0.5) is 0 Å². The molecule has 3 atom stereocenters. The Labute approximate surface area is 130 Å². The van der Waals surface area contributed by atoms with Gasteiger partial charge in [-0.1, -0.05) is 19.1 Å². The van der Waals surface area contributed by atoms with E-state index in [1.165, 1.54) is 26.0 Å². The van der Waals surface area contributed by atoms with Gasteiger partial charge in [0.25, 0.3) is 0 Å². The molecule has 0 spiro atoms. The van der Waals surface area contributed by atoms with Gasteiger partial charge in [0, 0.05) is 1.37 Å². The molecule has 0 heterocycles. The number of carboxylic acid groups (broad SMARTS) is 1. The number of rotatable bonds is 9. The van der Waals surface area contributed by atoms with Crippen LogP contribution in [0.5, 0.6) is 0 Å². The van der Waals surface area contributed by atoms with Crippen molar-refractivity contribution < 1.29 is 30.8 Å². The van der Waals surface area contributed by atoms with E-state index < -0.39 is 41.6 Å². The molecule has 0 aliphatic rings. The number of carbonyl (C=O) groups excluding carboxylic acids is 3. The fraction of sp³-hybridized carbons (Fsp3) is 0.600. The highest BCUT2D eigenvalue weighted by Gasteiger charge is 2.46. The van der Waals surface area contributed by atoms with Gasteiger partial charge in [-0.15, -0.1) is 0 Å². The number of aliphatic carboxylic acids is 1. The maximum Gasteiger partial charge on any atom is 0.306 e. The van der Waals surface area contributed by atoms with Crippen LogP contribution in [0.25, 0.3) is 0 Å². The van der Waals surface area contributed by atoms with E-state index in [4.69, 9.17) is 6.48 Å². The predicted octanol–water partition coefficient (Wildman–Crippen LogP) is 0.457. The Hall–Kier alpha value is -2.02. The molecule has 0 aromatic heterocycles. The first-order valence-electron chi connectivity index (χ1n) is 7.48. The second kappa shape index (κ2) is 8.43. The van der Waals surface area contributed by atoms with Crippen LogP contribution in [-0.4, -0.2) is 45.3 Å².